The van der Waals surface area contributed by atoms with Crippen molar-refractivity contribution in [2.45, 2.75) is 24.9 Å². The minimum absolute atomic E-state index is 0.0866. The van der Waals surface area contributed by atoms with Gasteiger partial charge in [0.2, 0.25) is 0 Å². The van der Waals surface area contributed by atoms with Crippen LogP contribution < -0.4 is 19.5 Å². The van der Waals surface area contributed by atoms with Crippen molar-refractivity contribution < 1.29 is 29.0 Å². The van der Waals surface area contributed by atoms with Gasteiger partial charge in [-0.05, 0) is 42.5 Å². The molecule has 30 heavy (non-hydrogen) atoms. The molecule has 1 atom stereocenters. The first-order chi connectivity index (χ1) is 14.3. The summed E-state index contributed by atoms with van der Waals surface area (Å²) in [6.07, 6.45) is 1.99. The first-order valence-electron chi connectivity index (χ1n) is 9.41. The van der Waals surface area contributed by atoms with E-state index in [2.05, 4.69) is 5.32 Å². The molecule has 1 unspecified atom stereocenters. The van der Waals surface area contributed by atoms with E-state index in [4.69, 9.17) is 14.2 Å². The molecule has 0 spiro atoms. The van der Waals surface area contributed by atoms with Crippen LogP contribution in [0.5, 0.6) is 17.2 Å². The van der Waals surface area contributed by atoms with Crippen molar-refractivity contribution in [2.75, 3.05) is 27.9 Å². The van der Waals surface area contributed by atoms with Crippen LogP contribution in [0.25, 0.3) is 0 Å². The average molecular weight is 416 g/mol. The Morgan fingerprint density at radius 3 is 2.50 bits per heavy atom. The van der Waals surface area contributed by atoms with Crippen molar-refractivity contribution >= 4 is 11.6 Å². The molecule has 0 heterocycles. The summed E-state index contributed by atoms with van der Waals surface area (Å²) in [6.45, 7) is -0.0866. The van der Waals surface area contributed by atoms with Crippen LogP contribution in [0, 0.1) is 10.1 Å². The molecule has 0 saturated heterocycles. The zero-order valence-electron chi connectivity index (χ0n) is 17.1. The maximum absolute atomic E-state index is 12.8. The molecule has 0 aromatic heterocycles. The van der Waals surface area contributed by atoms with Gasteiger partial charge in [-0.15, -0.1) is 0 Å². The summed E-state index contributed by atoms with van der Waals surface area (Å²) in [4.78, 5) is 23.6. The standard InChI is InChI=1S/C21H24N2O7/c1-28-14-6-7-16-13(9-14)5-4-8-21(16,25)12-22-20(24)15-10-18(29-2)19(30-3)11-17(15)23(26)27/h6-7,9-11,25H,4-5,8,12H2,1-3H3,(H,22,24). The van der Waals surface area contributed by atoms with Crippen LogP contribution in [0.15, 0.2) is 30.3 Å². The maximum atomic E-state index is 12.8. The summed E-state index contributed by atoms with van der Waals surface area (Å²) < 4.78 is 15.5. The molecule has 1 aliphatic rings. The Kier molecular flexibility index (Phi) is 6.12. The smallest absolute Gasteiger partial charge is 0.286 e. The molecule has 0 radical (unpaired) electrons. The number of aliphatic hydroxyl groups is 1. The predicted octanol–water partition coefficient (Wildman–Crippen LogP) is 2.57. The number of hydrogen-bond acceptors (Lipinski definition) is 7. The van der Waals surface area contributed by atoms with Gasteiger partial charge in [0, 0.05) is 6.07 Å². The molecule has 9 heteroatoms. The number of benzene rings is 2. The van der Waals surface area contributed by atoms with Crippen molar-refractivity contribution in [2.24, 2.45) is 0 Å². The minimum atomic E-state index is -1.28. The molecule has 9 nitrogen and oxygen atoms in total. The highest BCUT2D eigenvalue weighted by atomic mass is 16.6. The molecular formula is C21H24N2O7. The Morgan fingerprint density at radius 1 is 1.17 bits per heavy atom. The lowest BCUT2D eigenvalue weighted by atomic mass is 9.79. The van der Waals surface area contributed by atoms with Gasteiger partial charge in [0.15, 0.2) is 11.5 Å². The summed E-state index contributed by atoms with van der Waals surface area (Å²) in [5.74, 6) is 0.358. The highest BCUT2D eigenvalue weighted by molar-refractivity contribution is 5.99. The number of amides is 1. The van der Waals surface area contributed by atoms with Gasteiger partial charge in [-0.1, -0.05) is 6.07 Å². The lowest BCUT2D eigenvalue weighted by molar-refractivity contribution is -0.385. The molecule has 0 fully saturated rings. The second-order valence-corrected chi connectivity index (χ2v) is 7.07. The number of carbonyl (C=O) groups is 1. The van der Waals surface area contributed by atoms with E-state index in [9.17, 15) is 20.0 Å². The highest BCUT2D eigenvalue weighted by Crippen LogP contribution is 2.37. The molecule has 2 aromatic carbocycles. The summed E-state index contributed by atoms with van der Waals surface area (Å²) in [6, 6.07) is 7.83. The van der Waals surface area contributed by atoms with Gasteiger partial charge in [-0.3, -0.25) is 14.9 Å². The number of carbonyl (C=O) groups excluding carboxylic acids is 1. The van der Waals surface area contributed by atoms with E-state index in [-0.39, 0.29) is 23.6 Å². The Balaban J connectivity index is 1.87. The third kappa shape index (κ3) is 4.02. The first kappa shape index (κ1) is 21.4. The normalized spacial score (nSPS) is 17.6. The molecule has 1 aliphatic carbocycles. The summed E-state index contributed by atoms with van der Waals surface area (Å²) in [5, 5.41) is 25.3. The van der Waals surface area contributed by atoms with E-state index >= 15 is 0 Å². The molecule has 0 bridgehead atoms. The van der Waals surface area contributed by atoms with Crippen molar-refractivity contribution in [1.82, 2.24) is 5.32 Å². The van der Waals surface area contributed by atoms with E-state index in [0.29, 0.717) is 12.2 Å². The molecule has 2 N–H and O–H groups in total. The SMILES string of the molecule is COc1ccc2c(c1)CCCC2(O)CNC(=O)c1cc(OC)c(OC)cc1[N+](=O)[O-]. The van der Waals surface area contributed by atoms with Crippen LogP contribution in [0.3, 0.4) is 0 Å². The molecule has 3 rings (SSSR count). The topological polar surface area (TPSA) is 120 Å². The number of aryl methyl sites for hydroxylation is 1. The molecule has 160 valence electrons. The molecular weight excluding hydrogens is 392 g/mol. The predicted molar refractivity (Wildman–Crippen MR) is 108 cm³/mol. The van der Waals surface area contributed by atoms with E-state index < -0.39 is 22.1 Å². The van der Waals surface area contributed by atoms with E-state index in [1.165, 1.54) is 20.3 Å². The van der Waals surface area contributed by atoms with Gasteiger partial charge >= 0.3 is 0 Å². The number of methoxy groups -OCH3 is 3. The molecule has 0 aliphatic heterocycles. The average Bonchev–Trinajstić information content (AvgIpc) is 2.76. The molecule has 2 aromatic rings. The Morgan fingerprint density at radius 2 is 1.87 bits per heavy atom. The van der Waals surface area contributed by atoms with Crippen LogP contribution in [-0.4, -0.2) is 43.8 Å². The summed E-state index contributed by atoms with van der Waals surface area (Å²) in [7, 11) is 4.31. The summed E-state index contributed by atoms with van der Waals surface area (Å²) >= 11 is 0. The number of nitro groups is 1. The van der Waals surface area contributed by atoms with Gasteiger partial charge < -0.3 is 24.6 Å². The van der Waals surface area contributed by atoms with Crippen LogP contribution in [0.4, 0.5) is 5.69 Å². The monoisotopic (exact) mass is 416 g/mol. The number of nitrogens with zero attached hydrogens (tertiary/aromatic N) is 1. The number of nitro benzene ring substituents is 1. The zero-order chi connectivity index (χ0) is 21.9. The third-order valence-electron chi connectivity index (χ3n) is 5.33. The van der Waals surface area contributed by atoms with Gasteiger partial charge in [0.1, 0.15) is 16.9 Å². The molecule has 1 amide bonds. The highest BCUT2D eigenvalue weighted by Gasteiger charge is 2.35. The maximum Gasteiger partial charge on any atom is 0.286 e. The fourth-order valence-corrected chi connectivity index (χ4v) is 3.77. The number of hydrogen-bond donors (Lipinski definition) is 2. The van der Waals surface area contributed by atoms with E-state index in [1.54, 1.807) is 19.2 Å². The van der Waals surface area contributed by atoms with Crippen molar-refractivity contribution in [1.29, 1.82) is 0 Å². The lowest BCUT2D eigenvalue weighted by Crippen LogP contribution is -2.43. The number of rotatable bonds is 7. The van der Waals surface area contributed by atoms with Crippen molar-refractivity contribution in [3.05, 3.63) is 57.1 Å². The van der Waals surface area contributed by atoms with Gasteiger partial charge in [-0.2, -0.15) is 0 Å². The fourth-order valence-electron chi connectivity index (χ4n) is 3.77. The minimum Gasteiger partial charge on any atom is -0.497 e. The van der Waals surface area contributed by atoms with Crippen molar-refractivity contribution in [3.63, 3.8) is 0 Å². The van der Waals surface area contributed by atoms with Gasteiger partial charge in [-0.25, -0.2) is 0 Å². The van der Waals surface area contributed by atoms with Crippen LogP contribution in [-0.2, 0) is 12.0 Å². The zero-order valence-corrected chi connectivity index (χ0v) is 17.1. The quantitative estimate of drug-likeness (QED) is 0.526. The van der Waals surface area contributed by atoms with Gasteiger partial charge in [0.25, 0.3) is 11.6 Å². The van der Waals surface area contributed by atoms with Crippen LogP contribution >= 0.6 is 0 Å². The number of nitrogens with one attached hydrogen (secondary N) is 1. The van der Waals surface area contributed by atoms with E-state index in [0.717, 1.165) is 30.0 Å². The summed E-state index contributed by atoms with van der Waals surface area (Å²) in [5.41, 5.74) is -0.190. The molecule has 0 saturated carbocycles. The second-order valence-electron chi connectivity index (χ2n) is 7.07. The first-order valence-corrected chi connectivity index (χ1v) is 9.41. The van der Waals surface area contributed by atoms with Crippen LogP contribution in [0.2, 0.25) is 0 Å². The second kappa shape index (κ2) is 8.58. The number of ether oxygens (including phenoxy) is 3. The lowest BCUT2D eigenvalue weighted by Gasteiger charge is -2.35. The Hall–Kier alpha value is -3.33. The fraction of sp³-hybridized carbons (Fsp3) is 0.381. The van der Waals surface area contributed by atoms with Crippen LogP contribution in [0.1, 0.15) is 34.3 Å². The largest absolute Gasteiger partial charge is 0.497 e. The van der Waals surface area contributed by atoms with E-state index in [1.807, 2.05) is 6.07 Å². The third-order valence-corrected chi connectivity index (χ3v) is 5.33. The van der Waals surface area contributed by atoms with Crippen molar-refractivity contribution in [3.8, 4) is 17.2 Å². The Bertz CT molecular complexity index is 976. The number of fused-ring (bicyclic) bond motifs is 1. The van der Waals surface area contributed by atoms with Gasteiger partial charge in [0.05, 0.1) is 38.9 Å². The Labute approximate surface area is 173 Å².